The van der Waals surface area contributed by atoms with Crippen molar-refractivity contribution < 1.29 is 4.74 Å². The minimum absolute atomic E-state index is 0.481. The van der Waals surface area contributed by atoms with Gasteiger partial charge in [0.1, 0.15) is 17.4 Å². The number of thiazole rings is 1. The Kier molecular flexibility index (Phi) is 7.24. The second-order valence-corrected chi connectivity index (χ2v) is 7.69. The smallest absolute Gasteiger partial charge is 0.124 e. The highest BCUT2D eigenvalue weighted by molar-refractivity contribution is 7.13. The van der Waals surface area contributed by atoms with Gasteiger partial charge in [-0.25, -0.2) is 4.98 Å². The number of hydrogen-bond acceptors (Lipinski definition) is 5. The number of benzene rings is 2. The minimum atomic E-state index is 0.481. The van der Waals surface area contributed by atoms with Crippen LogP contribution in [0.2, 0.25) is 5.02 Å². The van der Waals surface area contributed by atoms with Gasteiger partial charge < -0.3 is 15.0 Å². The van der Waals surface area contributed by atoms with Gasteiger partial charge in [-0.05, 0) is 31.8 Å². The molecule has 1 N–H and O–H groups in total. The van der Waals surface area contributed by atoms with Gasteiger partial charge in [0.2, 0.25) is 0 Å². The average Bonchev–Trinajstić information content (AvgIpc) is 3.20. The van der Waals surface area contributed by atoms with E-state index in [1.165, 1.54) is 5.56 Å². The summed E-state index contributed by atoms with van der Waals surface area (Å²) in [7, 11) is 4.08. The molecule has 0 fully saturated rings. The summed E-state index contributed by atoms with van der Waals surface area (Å²) >= 11 is 8.03. The fourth-order valence-electron chi connectivity index (χ4n) is 2.79. The summed E-state index contributed by atoms with van der Waals surface area (Å²) in [5.74, 6) is 0.911. The maximum absolute atomic E-state index is 6.45. The zero-order valence-corrected chi connectivity index (χ0v) is 17.2. The van der Waals surface area contributed by atoms with E-state index >= 15 is 0 Å². The summed E-state index contributed by atoms with van der Waals surface area (Å²) in [5.41, 5.74) is 3.18. The number of ether oxygens (including phenoxy) is 1. The molecule has 2 aromatic carbocycles. The Hall–Kier alpha value is -1.92. The molecule has 4 nitrogen and oxygen atoms in total. The summed E-state index contributed by atoms with van der Waals surface area (Å²) in [4.78, 5) is 6.60. The predicted octanol–water partition coefficient (Wildman–Crippen LogP) is 4.69. The van der Waals surface area contributed by atoms with E-state index in [0.29, 0.717) is 11.6 Å². The lowest BCUT2D eigenvalue weighted by molar-refractivity contribution is 0.285. The number of rotatable bonds is 9. The standard InChI is InChI=1S/C21H24ClN3OS/c1-23-9-11-25(2)14-17-5-3-4-6-20(17)26-15-16-7-8-18(19(22)13-16)21-24-10-12-27-21/h3-8,10,12-13,23H,9,11,14-15H2,1-2H3. The predicted molar refractivity (Wildman–Crippen MR) is 114 cm³/mol. The van der Waals surface area contributed by atoms with Crippen LogP contribution in [0.1, 0.15) is 11.1 Å². The number of aromatic nitrogens is 1. The second-order valence-electron chi connectivity index (χ2n) is 6.39. The molecule has 0 aliphatic carbocycles. The fraction of sp³-hybridized carbons (Fsp3) is 0.286. The number of hydrogen-bond donors (Lipinski definition) is 1. The Bertz CT molecular complexity index is 854. The van der Waals surface area contributed by atoms with Crippen LogP contribution in [0, 0.1) is 0 Å². The van der Waals surface area contributed by atoms with Crippen LogP contribution in [0.15, 0.2) is 54.0 Å². The highest BCUT2D eigenvalue weighted by Gasteiger charge is 2.09. The molecule has 0 aliphatic heterocycles. The first-order valence-corrected chi connectivity index (χ1v) is 10.2. The van der Waals surface area contributed by atoms with Crippen molar-refractivity contribution in [1.29, 1.82) is 0 Å². The van der Waals surface area contributed by atoms with Crippen LogP contribution < -0.4 is 10.1 Å². The molecule has 27 heavy (non-hydrogen) atoms. The lowest BCUT2D eigenvalue weighted by atomic mass is 10.1. The van der Waals surface area contributed by atoms with Crippen LogP contribution in [0.25, 0.3) is 10.6 Å². The summed E-state index contributed by atoms with van der Waals surface area (Å²) in [6.07, 6.45) is 1.79. The number of nitrogens with zero attached hydrogens (tertiary/aromatic N) is 2. The van der Waals surface area contributed by atoms with E-state index in [1.807, 2.05) is 48.8 Å². The second kappa shape index (κ2) is 9.85. The molecule has 0 atom stereocenters. The Morgan fingerprint density at radius 2 is 2.07 bits per heavy atom. The van der Waals surface area contributed by atoms with Gasteiger partial charge in [-0.15, -0.1) is 11.3 Å². The molecule has 1 aromatic heterocycles. The van der Waals surface area contributed by atoms with Crippen molar-refractivity contribution in [2.24, 2.45) is 0 Å². The molecule has 0 radical (unpaired) electrons. The van der Waals surface area contributed by atoms with Crippen LogP contribution in [-0.4, -0.2) is 37.1 Å². The van der Waals surface area contributed by atoms with Gasteiger partial charge in [0.25, 0.3) is 0 Å². The zero-order valence-electron chi connectivity index (χ0n) is 15.6. The molecule has 0 aliphatic rings. The van der Waals surface area contributed by atoms with Gasteiger partial charge in [0, 0.05) is 42.3 Å². The Labute approximate surface area is 169 Å². The third-order valence-electron chi connectivity index (χ3n) is 4.25. The van der Waals surface area contributed by atoms with Crippen molar-refractivity contribution in [3.05, 3.63) is 70.2 Å². The summed E-state index contributed by atoms with van der Waals surface area (Å²) in [5, 5.41) is 6.76. The average molecular weight is 402 g/mol. The van der Waals surface area contributed by atoms with E-state index in [0.717, 1.165) is 41.5 Å². The van der Waals surface area contributed by atoms with Crippen LogP contribution in [0.3, 0.4) is 0 Å². The first-order chi connectivity index (χ1) is 13.2. The number of halogens is 1. The van der Waals surface area contributed by atoms with Crippen molar-refractivity contribution in [3.63, 3.8) is 0 Å². The zero-order chi connectivity index (χ0) is 19.1. The molecule has 1 heterocycles. The van der Waals surface area contributed by atoms with Gasteiger partial charge in [0.15, 0.2) is 0 Å². The van der Waals surface area contributed by atoms with Crippen LogP contribution in [-0.2, 0) is 13.2 Å². The molecule has 142 valence electrons. The first-order valence-electron chi connectivity index (χ1n) is 8.89. The first kappa shape index (κ1) is 19.8. The molecule has 0 amide bonds. The Morgan fingerprint density at radius 1 is 1.22 bits per heavy atom. The van der Waals surface area contributed by atoms with E-state index in [4.69, 9.17) is 16.3 Å². The van der Waals surface area contributed by atoms with Crippen LogP contribution in [0.5, 0.6) is 5.75 Å². The normalized spacial score (nSPS) is 11.1. The molecule has 3 aromatic rings. The van der Waals surface area contributed by atoms with Gasteiger partial charge in [-0.2, -0.15) is 0 Å². The molecule has 0 bridgehead atoms. The molecule has 0 saturated heterocycles. The van der Waals surface area contributed by atoms with Crippen LogP contribution >= 0.6 is 22.9 Å². The SMILES string of the molecule is CNCCN(C)Cc1ccccc1OCc1ccc(-c2nccs2)c(Cl)c1. The monoisotopic (exact) mass is 401 g/mol. The van der Waals surface area contributed by atoms with E-state index in [9.17, 15) is 0 Å². The number of para-hydroxylation sites is 1. The third-order valence-corrected chi connectivity index (χ3v) is 5.37. The minimum Gasteiger partial charge on any atom is -0.489 e. The maximum atomic E-state index is 6.45. The van der Waals surface area contributed by atoms with Crippen molar-refractivity contribution in [3.8, 4) is 16.3 Å². The largest absolute Gasteiger partial charge is 0.489 e. The number of likely N-dealkylation sites (N-methyl/N-ethyl adjacent to an activating group) is 2. The van der Waals surface area contributed by atoms with Crippen molar-refractivity contribution in [2.45, 2.75) is 13.2 Å². The van der Waals surface area contributed by atoms with Gasteiger partial charge >= 0.3 is 0 Å². The lowest BCUT2D eigenvalue weighted by Gasteiger charge is -2.19. The summed E-state index contributed by atoms with van der Waals surface area (Å²) in [6, 6.07) is 14.2. The van der Waals surface area contributed by atoms with Crippen molar-refractivity contribution in [2.75, 3.05) is 27.2 Å². The molecule has 3 rings (SSSR count). The highest BCUT2D eigenvalue weighted by atomic mass is 35.5. The Morgan fingerprint density at radius 3 is 2.81 bits per heavy atom. The number of nitrogens with one attached hydrogen (secondary N) is 1. The topological polar surface area (TPSA) is 37.4 Å². The molecule has 0 unspecified atom stereocenters. The molecular formula is C21H24ClN3OS. The van der Waals surface area contributed by atoms with Gasteiger partial charge in [-0.3, -0.25) is 0 Å². The summed E-state index contributed by atoms with van der Waals surface area (Å²) < 4.78 is 6.10. The third kappa shape index (κ3) is 5.53. The maximum Gasteiger partial charge on any atom is 0.124 e. The van der Waals surface area contributed by atoms with E-state index in [2.05, 4.69) is 28.3 Å². The highest BCUT2D eigenvalue weighted by Crippen LogP contribution is 2.30. The van der Waals surface area contributed by atoms with Crippen molar-refractivity contribution in [1.82, 2.24) is 15.2 Å². The fourth-order valence-corrected chi connectivity index (χ4v) is 3.81. The van der Waals surface area contributed by atoms with Gasteiger partial charge in [-0.1, -0.05) is 41.9 Å². The molecule has 0 saturated carbocycles. The lowest BCUT2D eigenvalue weighted by Crippen LogP contribution is -2.27. The van der Waals surface area contributed by atoms with Crippen LogP contribution in [0.4, 0.5) is 0 Å². The van der Waals surface area contributed by atoms with E-state index in [1.54, 1.807) is 17.5 Å². The van der Waals surface area contributed by atoms with Crippen molar-refractivity contribution >= 4 is 22.9 Å². The van der Waals surface area contributed by atoms with Gasteiger partial charge in [0.05, 0.1) is 5.02 Å². The summed E-state index contributed by atoms with van der Waals surface area (Å²) in [6.45, 7) is 3.28. The van der Waals surface area contributed by atoms with E-state index in [-0.39, 0.29) is 0 Å². The molecular weight excluding hydrogens is 378 g/mol. The molecule has 6 heteroatoms. The quantitative estimate of drug-likeness (QED) is 0.564. The molecule has 0 spiro atoms. The van der Waals surface area contributed by atoms with E-state index < -0.39 is 0 Å². The Balaban J connectivity index is 1.66.